The third kappa shape index (κ3) is 3.17. The van der Waals surface area contributed by atoms with E-state index in [1.54, 1.807) is 25.2 Å². The van der Waals surface area contributed by atoms with Gasteiger partial charge in [0.1, 0.15) is 5.78 Å². The number of nitrogens with zero attached hydrogens (tertiary/aromatic N) is 2. The Morgan fingerprint density at radius 1 is 1.04 bits per heavy atom. The number of aryl methyl sites for hydroxylation is 1. The van der Waals surface area contributed by atoms with E-state index < -0.39 is 0 Å². The summed E-state index contributed by atoms with van der Waals surface area (Å²) < 4.78 is 1.28. The molecule has 116 valence electrons. The summed E-state index contributed by atoms with van der Waals surface area (Å²) in [5.41, 5.74) is 1.25. The van der Waals surface area contributed by atoms with Gasteiger partial charge in [-0.3, -0.25) is 9.59 Å². The molecule has 0 saturated heterocycles. The van der Waals surface area contributed by atoms with Crippen LogP contribution in [0.15, 0.2) is 53.3 Å². The summed E-state index contributed by atoms with van der Waals surface area (Å²) in [5, 5.41) is 6.14. The van der Waals surface area contributed by atoms with E-state index in [1.807, 2.05) is 30.3 Å². The Hall–Kier alpha value is -2.46. The number of carbonyl (C=O) groups excluding carboxylic acids is 1. The molecule has 0 amide bonds. The summed E-state index contributed by atoms with van der Waals surface area (Å²) >= 11 is 6.10. The number of aromatic nitrogens is 2. The average Bonchev–Trinajstić information content (AvgIpc) is 2.54. The zero-order valence-electron chi connectivity index (χ0n) is 12.6. The maximum atomic E-state index is 12.4. The van der Waals surface area contributed by atoms with E-state index in [4.69, 9.17) is 11.6 Å². The number of hydrogen-bond donors (Lipinski definition) is 0. The summed E-state index contributed by atoms with van der Waals surface area (Å²) in [7, 11) is 1.59. The molecule has 0 aliphatic carbocycles. The highest BCUT2D eigenvalue weighted by Gasteiger charge is 2.13. The summed E-state index contributed by atoms with van der Waals surface area (Å²) in [6.45, 7) is 0. The first kappa shape index (κ1) is 15.4. The van der Waals surface area contributed by atoms with Crippen molar-refractivity contribution < 1.29 is 4.79 Å². The van der Waals surface area contributed by atoms with Crippen LogP contribution >= 0.6 is 11.6 Å². The van der Waals surface area contributed by atoms with Crippen LogP contribution in [0.3, 0.4) is 0 Å². The van der Waals surface area contributed by atoms with Gasteiger partial charge in [-0.25, -0.2) is 4.68 Å². The van der Waals surface area contributed by atoms with Gasteiger partial charge in [-0.2, -0.15) is 5.10 Å². The molecule has 0 spiro atoms. The Morgan fingerprint density at radius 3 is 2.43 bits per heavy atom. The minimum atomic E-state index is -0.164. The topological polar surface area (TPSA) is 52.0 Å². The number of benzene rings is 2. The Kier molecular flexibility index (Phi) is 4.26. The zero-order chi connectivity index (χ0) is 16.4. The predicted molar refractivity (Wildman–Crippen MR) is 90.9 cm³/mol. The molecule has 0 aliphatic heterocycles. The predicted octanol–water partition coefficient (Wildman–Crippen LogP) is 2.94. The first-order chi connectivity index (χ1) is 11.1. The van der Waals surface area contributed by atoms with Gasteiger partial charge in [0, 0.05) is 23.9 Å². The van der Waals surface area contributed by atoms with Crippen molar-refractivity contribution in [1.82, 2.24) is 9.78 Å². The standard InChI is InChI=1S/C18H15ClN2O2/c1-21-18(23)15-8-4-3-7-14(15)17(20-21)11-13(22)10-12-6-2-5-9-16(12)19/h2-9H,10-11H2,1H3. The zero-order valence-corrected chi connectivity index (χ0v) is 13.4. The molecule has 1 heterocycles. The van der Waals surface area contributed by atoms with Crippen LogP contribution in [0.5, 0.6) is 0 Å². The van der Waals surface area contributed by atoms with Gasteiger partial charge in [0.2, 0.25) is 0 Å². The third-order valence-corrected chi connectivity index (χ3v) is 4.11. The maximum Gasteiger partial charge on any atom is 0.274 e. The van der Waals surface area contributed by atoms with Crippen molar-refractivity contribution in [2.75, 3.05) is 0 Å². The molecule has 5 heteroatoms. The third-order valence-electron chi connectivity index (χ3n) is 3.74. The highest BCUT2D eigenvalue weighted by atomic mass is 35.5. The molecule has 0 unspecified atom stereocenters. The highest BCUT2D eigenvalue weighted by Crippen LogP contribution is 2.18. The largest absolute Gasteiger partial charge is 0.299 e. The summed E-state index contributed by atoms with van der Waals surface area (Å²) in [6.07, 6.45) is 0.415. The van der Waals surface area contributed by atoms with Gasteiger partial charge in [-0.05, 0) is 17.7 Å². The fraction of sp³-hybridized carbons (Fsp3) is 0.167. The van der Waals surface area contributed by atoms with Gasteiger partial charge in [-0.1, -0.05) is 48.0 Å². The van der Waals surface area contributed by atoms with Crippen molar-refractivity contribution in [2.24, 2.45) is 7.05 Å². The highest BCUT2D eigenvalue weighted by molar-refractivity contribution is 6.31. The van der Waals surface area contributed by atoms with E-state index in [9.17, 15) is 9.59 Å². The quantitative estimate of drug-likeness (QED) is 0.740. The van der Waals surface area contributed by atoms with Gasteiger partial charge in [0.05, 0.1) is 17.5 Å². The van der Waals surface area contributed by atoms with Crippen LogP contribution in [0.4, 0.5) is 0 Å². The molecule has 0 bridgehead atoms. The summed E-state index contributed by atoms with van der Waals surface area (Å²) in [5.74, 6) is 0.00871. The molecule has 2 aromatic carbocycles. The second-order valence-corrected chi connectivity index (χ2v) is 5.81. The average molecular weight is 327 g/mol. The minimum Gasteiger partial charge on any atom is -0.299 e. The van der Waals surface area contributed by atoms with Gasteiger partial charge in [-0.15, -0.1) is 0 Å². The van der Waals surface area contributed by atoms with E-state index in [-0.39, 0.29) is 24.2 Å². The molecule has 0 radical (unpaired) electrons. The van der Waals surface area contributed by atoms with Crippen LogP contribution in [-0.4, -0.2) is 15.6 Å². The summed E-state index contributed by atoms with van der Waals surface area (Å²) in [6, 6.07) is 14.5. The number of carbonyl (C=O) groups is 1. The first-order valence-corrected chi connectivity index (χ1v) is 7.64. The van der Waals surface area contributed by atoms with Crippen LogP contribution in [-0.2, 0) is 24.7 Å². The van der Waals surface area contributed by atoms with Crippen molar-refractivity contribution in [3.05, 3.63) is 75.2 Å². The lowest BCUT2D eigenvalue weighted by Crippen LogP contribution is -2.22. The number of halogens is 1. The minimum absolute atomic E-state index is 0.00871. The second kappa shape index (κ2) is 6.34. The Labute approximate surface area is 138 Å². The normalized spacial score (nSPS) is 10.9. The van der Waals surface area contributed by atoms with E-state index in [1.165, 1.54) is 4.68 Å². The van der Waals surface area contributed by atoms with E-state index in [2.05, 4.69) is 5.10 Å². The molecule has 23 heavy (non-hydrogen) atoms. The lowest BCUT2D eigenvalue weighted by molar-refractivity contribution is -0.117. The molecule has 0 atom stereocenters. The molecule has 3 rings (SSSR count). The molecular formula is C18H15ClN2O2. The van der Waals surface area contributed by atoms with E-state index in [0.29, 0.717) is 16.1 Å². The lowest BCUT2D eigenvalue weighted by atomic mass is 10.0. The molecule has 0 saturated carbocycles. The Balaban J connectivity index is 1.93. The second-order valence-electron chi connectivity index (χ2n) is 5.40. The van der Waals surface area contributed by atoms with Crippen LogP contribution < -0.4 is 5.56 Å². The van der Waals surface area contributed by atoms with Crippen LogP contribution in [0.2, 0.25) is 5.02 Å². The van der Waals surface area contributed by atoms with Crippen LogP contribution in [0.1, 0.15) is 11.3 Å². The van der Waals surface area contributed by atoms with Crippen molar-refractivity contribution in [2.45, 2.75) is 12.8 Å². The molecule has 4 nitrogen and oxygen atoms in total. The molecule has 0 aliphatic rings. The number of rotatable bonds is 4. The number of fused-ring (bicyclic) bond motifs is 1. The molecule has 3 aromatic rings. The van der Waals surface area contributed by atoms with E-state index in [0.717, 1.165) is 10.9 Å². The van der Waals surface area contributed by atoms with Crippen LogP contribution in [0.25, 0.3) is 10.8 Å². The smallest absolute Gasteiger partial charge is 0.274 e. The van der Waals surface area contributed by atoms with Crippen molar-refractivity contribution in [3.63, 3.8) is 0 Å². The van der Waals surface area contributed by atoms with Gasteiger partial charge in [0.25, 0.3) is 5.56 Å². The van der Waals surface area contributed by atoms with Gasteiger partial charge in [0.15, 0.2) is 0 Å². The van der Waals surface area contributed by atoms with Crippen LogP contribution in [0, 0.1) is 0 Å². The number of hydrogen-bond acceptors (Lipinski definition) is 3. The first-order valence-electron chi connectivity index (χ1n) is 7.26. The Morgan fingerprint density at radius 2 is 1.70 bits per heavy atom. The fourth-order valence-corrected chi connectivity index (χ4v) is 2.81. The molecule has 1 aromatic heterocycles. The summed E-state index contributed by atoms with van der Waals surface area (Å²) in [4.78, 5) is 24.5. The molecule has 0 N–H and O–H groups in total. The van der Waals surface area contributed by atoms with E-state index >= 15 is 0 Å². The van der Waals surface area contributed by atoms with Gasteiger partial charge < -0.3 is 0 Å². The van der Waals surface area contributed by atoms with Crippen molar-refractivity contribution in [1.29, 1.82) is 0 Å². The monoisotopic (exact) mass is 326 g/mol. The Bertz CT molecular complexity index is 947. The SMILES string of the molecule is Cn1nc(CC(=O)Cc2ccccc2Cl)c2ccccc2c1=O. The number of ketones is 1. The van der Waals surface area contributed by atoms with Crippen molar-refractivity contribution in [3.8, 4) is 0 Å². The number of Topliss-reactive ketones (excluding diaryl/α,β-unsaturated/α-hetero) is 1. The maximum absolute atomic E-state index is 12.4. The molecular weight excluding hydrogens is 312 g/mol. The van der Waals surface area contributed by atoms with Crippen molar-refractivity contribution >= 4 is 28.2 Å². The molecule has 0 fully saturated rings. The fourth-order valence-electron chi connectivity index (χ4n) is 2.61. The lowest BCUT2D eigenvalue weighted by Gasteiger charge is -2.08. The van der Waals surface area contributed by atoms with Gasteiger partial charge >= 0.3 is 0 Å².